The molecule has 1 aliphatic heterocycles. The second kappa shape index (κ2) is 4.99. The number of nitrogens with one attached hydrogen (secondary N) is 1. The van der Waals surface area contributed by atoms with E-state index in [-0.39, 0.29) is 6.23 Å². The minimum atomic E-state index is 0.0662. The molecule has 0 aromatic heterocycles. The van der Waals surface area contributed by atoms with Gasteiger partial charge in [-0.1, -0.05) is 19.4 Å². The summed E-state index contributed by atoms with van der Waals surface area (Å²) in [7, 11) is 0. The van der Waals surface area contributed by atoms with Crippen LogP contribution in [0.3, 0.4) is 0 Å². The van der Waals surface area contributed by atoms with Crippen LogP contribution in [0.1, 0.15) is 26.7 Å². The summed E-state index contributed by atoms with van der Waals surface area (Å²) in [6.45, 7) is 4.37. The maximum absolute atomic E-state index is 5.32. The molecule has 0 saturated carbocycles. The van der Waals surface area contributed by atoms with E-state index < -0.39 is 0 Å². The monoisotopic (exact) mass is 167 g/mol. The van der Waals surface area contributed by atoms with Crippen LogP contribution in [-0.2, 0) is 4.74 Å². The molecular weight excluding hydrogens is 150 g/mol. The first kappa shape index (κ1) is 9.33. The molecule has 1 heterocycles. The summed E-state index contributed by atoms with van der Waals surface area (Å²) >= 11 is 0. The van der Waals surface area contributed by atoms with Crippen LogP contribution in [0.5, 0.6) is 0 Å². The summed E-state index contributed by atoms with van der Waals surface area (Å²) in [6, 6.07) is 0.524. The van der Waals surface area contributed by atoms with Gasteiger partial charge in [0.15, 0.2) is 6.23 Å². The van der Waals surface area contributed by atoms with E-state index in [4.69, 9.17) is 4.74 Å². The standard InChI is InChI=1S/C10H17NO/c1-3-6-9(2)11-10-7-4-5-8-12-10/h4-5,7-11H,3,6H2,1-2H3. The zero-order valence-corrected chi connectivity index (χ0v) is 7.79. The summed E-state index contributed by atoms with van der Waals surface area (Å²) in [5, 5.41) is 3.36. The fourth-order valence-electron chi connectivity index (χ4n) is 1.28. The van der Waals surface area contributed by atoms with E-state index in [1.807, 2.05) is 18.2 Å². The van der Waals surface area contributed by atoms with Crippen LogP contribution in [0.25, 0.3) is 0 Å². The van der Waals surface area contributed by atoms with E-state index >= 15 is 0 Å². The van der Waals surface area contributed by atoms with E-state index in [1.54, 1.807) is 6.26 Å². The van der Waals surface area contributed by atoms with Crippen LogP contribution < -0.4 is 5.32 Å². The molecule has 2 atom stereocenters. The lowest BCUT2D eigenvalue weighted by molar-refractivity contribution is 0.137. The maximum Gasteiger partial charge on any atom is 0.169 e. The fraction of sp³-hybridized carbons (Fsp3) is 0.600. The molecule has 0 radical (unpaired) electrons. The van der Waals surface area contributed by atoms with Gasteiger partial charge in [0.1, 0.15) is 0 Å². The molecule has 68 valence electrons. The average molecular weight is 167 g/mol. The van der Waals surface area contributed by atoms with Crippen molar-refractivity contribution in [3.8, 4) is 0 Å². The Morgan fingerprint density at radius 3 is 2.92 bits per heavy atom. The molecule has 0 aliphatic carbocycles. The van der Waals surface area contributed by atoms with Crippen molar-refractivity contribution >= 4 is 0 Å². The van der Waals surface area contributed by atoms with Crippen molar-refractivity contribution in [1.29, 1.82) is 0 Å². The normalized spacial score (nSPS) is 23.7. The Labute approximate surface area is 74.3 Å². The van der Waals surface area contributed by atoms with E-state index in [9.17, 15) is 0 Å². The third kappa shape index (κ3) is 3.09. The molecule has 0 spiro atoms. The molecule has 1 N–H and O–H groups in total. The third-order valence-corrected chi connectivity index (χ3v) is 1.87. The Balaban J connectivity index is 2.22. The predicted octanol–water partition coefficient (Wildman–Crippen LogP) is 2.19. The third-order valence-electron chi connectivity index (χ3n) is 1.87. The van der Waals surface area contributed by atoms with Gasteiger partial charge in [0.25, 0.3) is 0 Å². The van der Waals surface area contributed by atoms with Gasteiger partial charge in [-0.2, -0.15) is 0 Å². The van der Waals surface area contributed by atoms with Gasteiger partial charge < -0.3 is 4.74 Å². The molecular formula is C10H17NO. The maximum atomic E-state index is 5.32. The molecule has 1 aliphatic rings. The molecule has 0 saturated heterocycles. The first-order valence-electron chi connectivity index (χ1n) is 4.57. The van der Waals surface area contributed by atoms with Gasteiger partial charge in [0, 0.05) is 6.04 Å². The van der Waals surface area contributed by atoms with Gasteiger partial charge in [0.2, 0.25) is 0 Å². The number of hydrogen-bond donors (Lipinski definition) is 1. The molecule has 12 heavy (non-hydrogen) atoms. The van der Waals surface area contributed by atoms with Crippen molar-refractivity contribution in [1.82, 2.24) is 5.32 Å². The highest BCUT2D eigenvalue weighted by Gasteiger charge is 2.08. The lowest BCUT2D eigenvalue weighted by Crippen LogP contribution is -2.36. The Morgan fingerprint density at radius 1 is 1.50 bits per heavy atom. The summed E-state index contributed by atoms with van der Waals surface area (Å²) in [4.78, 5) is 0. The second-order valence-corrected chi connectivity index (χ2v) is 3.13. The lowest BCUT2D eigenvalue weighted by Gasteiger charge is -2.21. The van der Waals surface area contributed by atoms with Crippen LogP contribution in [-0.4, -0.2) is 12.3 Å². The van der Waals surface area contributed by atoms with Gasteiger partial charge in [-0.3, -0.25) is 5.32 Å². The predicted molar refractivity (Wildman–Crippen MR) is 50.7 cm³/mol. The minimum Gasteiger partial charge on any atom is -0.479 e. The molecule has 2 heteroatoms. The van der Waals surface area contributed by atoms with Gasteiger partial charge in [-0.05, 0) is 25.5 Å². The number of rotatable bonds is 4. The van der Waals surface area contributed by atoms with Crippen LogP contribution in [0.2, 0.25) is 0 Å². The molecule has 0 fully saturated rings. The molecule has 0 bridgehead atoms. The highest BCUT2D eigenvalue weighted by molar-refractivity contribution is 5.06. The first-order valence-corrected chi connectivity index (χ1v) is 4.57. The number of hydrogen-bond acceptors (Lipinski definition) is 2. The van der Waals surface area contributed by atoms with Crippen molar-refractivity contribution in [2.45, 2.75) is 39.0 Å². The summed E-state index contributed by atoms with van der Waals surface area (Å²) in [5.74, 6) is 0. The molecule has 2 unspecified atom stereocenters. The zero-order chi connectivity index (χ0) is 8.81. The zero-order valence-electron chi connectivity index (χ0n) is 7.79. The van der Waals surface area contributed by atoms with Gasteiger partial charge in [-0.25, -0.2) is 0 Å². The SMILES string of the molecule is CCCC(C)NC1C=CC=CO1. The highest BCUT2D eigenvalue weighted by Crippen LogP contribution is 2.02. The lowest BCUT2D eigenvalue weighted by atomic mass is 10.2. The Morgan fingerprint density at radius 2 is 2.33 bits per heavy atom. The summed E-state index contributed by atoms with van der Waals surface area (Å²) in [5.41, 5.74) is 0. The van der Waals surface area contributed by atoms with Crippen LogP contribution in [0.15, 0.2) is 24.5 Å². The van der Waals surface area contributed by atoms with Crippen molar-refractivity contribution < 1.29 is 4.74 Å². The van der Waals surface area contributed by atoms with Crippen molar-refractivity contribution in [3.63, 3.8) is 0 Å². The Bertz CT molecular complexity index is 175. The fourth-order valence-corrected chi connectivity index (χ4v) is 1.28. The smallest absolute Gasteiger partial charge is 0.169 e. The summed E-state index contributed by atoms with van der Waals surface area (Å²) in [6.07, 6.45) is 10.1. The van der Waals surface area contributed by atoms with E-state index in [1.165, 1.54) is 12.8 Å². The Hall–Kier alpha value is -0.760. The number of allylic oxidation sites excluding steroid dienone is 2. The summed E-state index contributed by atoms with van der Waals surface area (Å²) < 4.78 is 5.32. The van der Waals surface area contributed by atoms with Crippen LogP contribution in [0.4, 0.5) is 0 Å². The first-order chi connectivity index (χ1) is 5.83. The Kier molecular flexibility index (Phi) is 3.88. The van der Waals surface area contributed by atoms with E-state index in [2.05, 4.69) is 19.2 Å². The largest absolute Gasteiger partial charge is 0.479 e. The van der Waals surface area contributed by atoms with E-state index in [0.717, 1.165) is 0 Å². The number of ether oxygens (including phenoxy) is 1. The van der Waals surface area contributed by atoms with Crippen molar-refractivity contribution in [2.75, 3.05) is 0 Å². The van der Waals surface area contributed by atoms with Crippen molar-refractivity contribution in [3.05, 3.63) is 24.5 Å². The van der Waals surface area contributed by atoms with E-state index in [0.29, 0.717) is 6.04 Å². The van der Waals surface area contributed by atoms with Crippen molar-refractivity contribution in [2.24, 2.45) is 0 Å². The second-order valence-electron chi connectivity index (χ2n) is 3.13. The van der Waals surface area contributed by atoms with Crippen LogP contribution in [0, 0.1) is 0 Å². The quantitative estimate of drug-likeness (QED) is 0.693. The van der Waals surface area contributed by atoms with Gasteiger partial charge in [0.05, 0.1) is 6.26 Å². The molecule has 0 aromatic carbocycles. The average Bonchev–Trinajstić information content (AvgIpc) is 2.06. The van der Waals surface area contributed by atoms with Gasteiger partial charge in [-0.15, -0.1) is 0 Å². The molecule has 1 rings (SSSR count). The van der Waals surface area contributed by atoms with Crippen LogP contribution >= 0.6 is 0 Å². The topological polar surface area (TPSA) is 21.3 Å². The molecule has 0 amide bonds. The molecule has 0 aromatic rings. The molecule has 2 nitrogen and oxygen atoms in total. The highest BCUT2D eigenvalue weighted by atomic mass is 16.5. The van der Waals surface area contributed by atoms with Gasteiger partial charge >= 0.3 is 0 Å². The minimum absolute atomic E-state index is 0.0662.